The molecular formula is C12H21NO2. The summed E-state index contributed by atoms with van der Waals surface area (Å²) in [5, 5.41) is 3.48. The molecular weight excluding hydrogens is 190 g/mol. The largest absolute Gasteiger partial charge is 0.472 e. The van der Waals surface area contributed by atoms with E-state index in [1.54, 1.807) is 13.4 Å². The van der Waals surface area contributed by atoms with Crippen LogP contribution in [0.3, 0.4) is 0 Å². The third-order valence-corrected chi connectivity index (χ3v) is 2.46. The Balaban J connectivity index is 2.29. The molecule has 1 rings (SSSR count). The molecule has 0 aliphatic rings. The van der Waals surface area contributed by atoms with Gasteiger partial charge >= 0.3 is 0 Å². The lowest BCUT2D eigenvalue weighted by Gasteiger charge is -2.16. The van der Waals surface area contributed by atoms with Crippen LogP contribution >= 0.6 is 0 Å². The van der Waals surface area contributed by atoms with Crippen LogP contribution in [0.5, 0.6) is 0 Å². The SMILES string of the molecule is CCNC(CCCOC)Cc1ccoc1. The zero-order chi connectivity index (χ0) is 10.9. The quantitative estimate of drug-likeness (QED) is 0.670. The van der Waals surface area contributed by atoms with E-state index < -0.39 is 0 Å². The Bertz CT molecular complexity index is 234. The van der Waals surface area contributed by atoms with Gasteiger partial charge in [-0.3, -0.25) is 0 Å². The normalized spacial score (nSPS) is 12.9. The van der Waals surface area contributed by atoms with E-state index in [2.05, 4.69) is 12.2 Å². The van der Waals surface area contributed by atoms with Gasteiger partial charge in [-0.25, -0.2) is 0 Å². The first-order chi connectivity index (χ1) is 7.36. The van der Waals surface area contributed by atoms with Crippen LogP contribution in [-0.4, -0.2) is 26.3 Å². The van der Waals surface area contributed by atoms with Gasteiger partial charge in [-0.2, -0.15) is 0 Å². The second-order valence-electron chi connectivity index (χ2n) is 3.73. The molecule has 0 spiro atoms. The highest BCUT2D eigenvalue weighted by atomic mass is 16.5. The lowest BCUT2D eigenvalue weighted by molar-refractivity contribution is 0.188. The predicted octanol–water partition coefficient (Wildman–Crippen LogP) is 2.23. The number of nitrogens with one attached hydrogen (secondary N) is 1. The van der Waals surface area contributed by atoms with Crippen molar-refractivity contribution in [1.82, 2.24) is 5.32 Å². The zero-order valence-corrected chi connectivity index (χ0v) is 9.66. The molecule has 0 aliphatic heterocycles. The standard InChI is InChI=1S/C12H21NO2/c1-3-13-12(5-4-7-14-2)9-11-6-8-15-10-11/h6,8,10,12-13H,3-5,7,9H2,1-2H3. The third kappa shape index (κ3) is 5.00. The highest BCUT2D eigenvalue weighted by molar-refractivity contribution is 5.07. The summed E-state index contributed by atoms with van der Waals surface area (Å²) in [6.07, 6.45) is 6.83. The monoisotopic (exact) mass is 211 g/mol. The Morgan fingerprint density at radius 1 is 1.53 bits per heavy atom. The Morgan fingerprint density at radius 2 is 2.40 bits per heavy atom. The van der Waals surface area contributed by atoms with Gasteiger partial charge in [-0.1, -0.05) is 6.92 Å². The van der Waals surface area contributed by atoms with Crippen molar-refractivity contribution in [2.75, 3.05) is 20.3 Å². The zero-order valence-electron chi connectivity index (χ0n) is 9.66. The number of methoxy groups -OCH3 is 1. The minimum atomic E-state index is 0.530. The summed E-state index contributed by atoms with van der Waals surface area (Å²) in [5.41, 5.74) is 1.26. The smallest absolute Gasteiger partial charge is 0.0935 e. The highest BCUT2D eigenvalue weighted by Crippen LogP contribution is 2.08. The second-order valence-corrected chi connectivity index (χ2v) is 3.73. The van der Waals surface area contributed by atoms with Crippen LogP contribution in [0.4, 0.5) is 0 Å². The van der Waals surface area contributed by atoms with E-state index in [9.17, 15) is 0 Å². The number of furan rings is 1. The van der Waals surface area contributed by atoms with Gasteiger partial charge in [0.1, 0.15) is 0 Å². The van der Waals surface area contributed by atoms with Gasteiger partial charge < -0.3 is 14.5 Å². The first-order valence-electron chi connectivity index (χ1n) is 5.60. The molecule has 1 aromatic heterocycles. The molecule has 15 heavy (non-hydrogen) atoms. The van der Waals surface area contributed by atoms with Crippen LogP contribution in [0.2, 0.25) is 0 Å². The van der Waals surface area contributed by atoms with Gasteiger partial charge in [-0.05, 0) is 37.4 Å². The maximum absolute atomic E-state index is 5.07. The first-order valence-corrected chi connectivity index (χ1v) is 5.60. The third-order valence-electron chi connectivity index (χ3n) is 2.46. The van der Waals surface area contributed by atoms with Crippen molar-refractivity contribution >= 4 is 0 Å². The van der Waals surface area contributed by atoms with Crippen molar-refractivity contribution in [3.8, 4) is 0 Å². The van der Waals surface area contributed by atoms with Gasteiger partial charge in [0.25, 0.3) is 0 Å². The van der Waals surface area contributed by atoms with Crippen LogP contribution in [0.1, 0.15) is 25.3 Å². The van der Waals surface area contributed by atoms with Gasteiger partial charge in [0, 0.05) is 19.8 Å². The molecule has 0 radical (unpaired) electrons. The average Bonchev–Trinajstić information content (AvgIpc) is 2.71. The van der Waals surface area contributed by atoms with Crippen LogP contribution in [-0.2, 0) is 11.2 Å². The van der Waals surface area contributed by atoms with Gasteiger partial charge in [0.05, 0.1) is 12.5 Å². The summed E-state index contributed by atoms with van der Waals surface area (Å²) >= 11 is 0. The maximum atomic E-state index is 5.07. The summed E-state index contributed by atoms with van der Waals surface area (Å²) in [7, 11) is 1.75. The van der Waals surface area contributed by atoms with Gasteiger partial charge in [0.15, 0.2) is 0 Å². The molecule has 1 atom stereocenters. The lowest BCUT2D eigenvalue weighted by Crippen LogP contribution is -2.31. The summed E-state index contributed by atoms with van der Waals surface area (Å²) in [6, 6.07) is 2.56. The van der Waals surface area contributed by atoms with Crippen LogP contribution in [0, 0.1) is 0 Å². The number of ether oxygens (including phenoxy) is 1. The fourth-order valence-electron chi connectivity index (χ4n) is 1.73. The van der Waals surface area contributed by atoms with E-state index in [-0.39, 0.29) is 0 Å². The predicted molar refractivity (Wildman–Crippen MR) is 61.0 cm³/mol. The topological polar surface area (TPSA) is 34.4 Å². The van der Waals surface area contributed by atoms with Crippen LogP contribution in [0.15, 0.2) is 23.0 Å². The van der Waals surface area contributed by atoms with Gasteiger partial charge in [-0.15, -0.1) is 0 Å². The molecule has 0 saturated heterocycles. The van der Waals surface area contributed by atoms with E-state index in [1.807, 2.05) is 12.3 Å². The summed E-state index contributed by atoms with van der Waals surface area (Å²) in [5.74, 6) is 0. The number of hydrogen-bond donors (Lipinski definition) is 1. The number of rotatable bonds is 8. The molecule has 0 bridgehead atoms. The maximum Gasteiger partial charge on any atom is 0.0935 e. The van der Waals surface area contributed by atoms with E-state index in [1.165, 1.54) is 5.56 Å². The summed E-state index contributed by atoms with van der Waals surface area (Å²) in [4.78, 5) is 0. The summed E-state index contributed by atoms with van der Waals surface area (Å²) < 4.78 is 10.1. The van der Waals surface area contributed by atoms with E-state index >= 15 is 0 Å². The minimum Gasteiger partial charge on any atom is -0.472 e. The molecule has 1 heterocycles. The number of likely N-dealkylation sites (N-methyl/N-ethyl adjacent to an activating group) is 1. The molecule has 0 fully saturated rings. The van der Waals surface area contributed by atoms with Crippen molar-refractivity contribution < 1.29 is 9.15 Å². The van der Waals surface area contributed by atoms with Crippen molar-refractivity contribution in [1.29, 1.82) is 0 Å². The Kier molecular flexibility index (Phi) is 6.12. The first kappa shape index (κ1) is 12.3. The van der Waals surface area contributed by atoms with Gasteiger partial charge in [0.2, 0.25) is 0 Å². The molecule has 86 valence electrons. The second kappa shape index (κ2) is 7.49. The fourth-order valence-corrected chi connectivity index (χ4v) is 1.73. The van der Waals surface area contributed by atoms with E-state index in [0.717, 1.165) is 32.4 Å². The van der Waals surface area contributed by atoms with E-state index in [0.29, 0.717) is 6.04 Å². The molecule has 1 N–H and O–H groups in total. The molecule has 0 aliphatic carbocycles. The fraction of sp³-hybridized carbons (Fsp3) is 0.667. The highest BCUT2D eigenvalue weighted by Gasteiger charge is 2.08. The van der Waals surface area contributed by atoms with Crippen molar-refractivity contribution in [2.45, 2.75) is 32.2 Å². The van der Waals surface area contributed by atoms with Crippen molar-refractivity contribution in [3.63, 3.8) is 0 Å². The Labute approximate surface area is 91.8 Å². The number of hydrogen-bond acceptors (Lipinski definition) is 3. The van der Waals surface area contributed by atoms with Crippen molar-refractivity contribution in [3.05, 3.63) is 24.2 Å². The average molecular weight is 211 g/mol. The van der Waals surface area contributed by atoms with E-state index in [4.69, 9.17) is 9.15 Å². The molecule has 0 saturated carbocycles. The molecule has 3 nitrogen and oxygen atoms in total. The molecule has 3 heteroatoms. The minimum absolute atomic E-state index is 0.530. The lowest BCUT2D eigenvalue weighted by atomic mass is 10.0. The summed E-state index contributed by atoms with van der Waals surface area (Å²) in [6.45, 7) is 3.99. The molecule has 1 aromatic rings. The van der Waals surface area contributed by atoms with Crippen LogP contribution < -0.4 is 5.32 Å². The van der Waals surface area contributed by atoms with Crippen molar-refractivity contribution in [2.24, 2.45) is 0 Å². The molecule has 0 amide bonds. The Hall–Kier alpha value is -0.800. The van der Waals surface area contributed by atoms with Crippen LogP contribution in [0.25, 0.3) is 0 Å². The molecule has 0 aromatic carbocycles. The Morgan fingerprint density at radius 3 is 3.00 bits per heavy atom. The molecule has 1 unspecified atom stereocenters.